The lowest BCUT2D eigenvalue weighted by molar-refractivity contribution is 0.675. The van der Waals surface area contributed by atoms with Crippen LogP contribution in [0.3, 0.4) is 0 Å². The van der Waals surface area contributed by atoms with Gasteiger partial charge in [0.2, 0.25) is 0 Å². The molecule has 7 heteroatoms. The van der Waals surface area contributed by atoms with E-state index < -0.39 is 0 Å². The van der Waals surface area contributed by atoms with E-state index in [4.69, 9.17) is 0 Å². The number of rotatable bonds is 3. The van der Waals surface area contributed by atoms with Crippen molar-refractivity contribution in [1.29, 1.82) is 0 Å². The lowest BCUT2D eigenvalue weighted by Gasteiger charge is -2.11. The first-order chi connectivity index (χ1) is 12.6. The molecular formula is C19H16N4O2S. The van der Waals surface area contributed by atoms with Crippen molar-refractivity contribution in [2.24, 2.45) is 7.05 Å². The van der Waals surface area contributed by atoms with Crippen LogP contribution in [0, 0.1) is 6.92 Å². The summed E-state index contributed by atoms with van der Waals surface area (Å²) in [7, 11) is 1.50. The van der Waals surface area contributed by atoms with Gasteiger partial charge in [0.1, 0.15) is 10.4 Å². The standard InChI is InChI=1S/C19H16N4O2S/c1-12-6-8-13(9-7-12)11-23-16-15(14-5-3-4-10-20-14)21-26-17(16)18(24)22(2)19(23)25/h3-10H,11H2,1-2H3. The Morgan fingerprint density at radius 3 is 2.54 bits per heavy atom. The zero-order chi connectivity index (χ0) is 18.3. The second-order valence-electron chi connectivity index (χ2n) is 6.14. The molecule has 4 rings (SSSR count). The van der Waals surface area contributed by atoms with Gasteiger partial charge in [0.15, 0.2) is 0 Å². The molecule has 26 heavy (non-hydrogen) atoms. The molecule has 3 heterocycles. The molecule has 0 atom stereocenters. The van der Waals surface area contributed by atoms with Gasteiger partial charge in [0.25, 0.3) is 5.56 Å². The lowest BCUT2D eigenvalue weighted by Crippen LogP contribution is -2.38. The van der Waals surface area contributed by atoms with Crippen molar-refractivity contribution in [2.75, 3.05) is 0 Å². The third-order valence-electron chi connectivity index (χ3n) is 4.32. The average Bonchev–Trinajstić information content (AvgIpc) is 3.11. The van der Waals surface area contributed by atoms with Gasteiger partial charge in [-0.25, -0.2) is 4.79 Å². The third-order valence-corrected chi connectivity index (χ3v) is 5.15. The topological polar surface area (TPSA) is 69.8 Å². The maximum absolute atomic E-state index is 12.8. The van der Waals surface area contributed by atoms with E-state index in [0.717, 1.165) is 27.2 Å². The summed E-state index contributed by atoms with van der Waals surface area (Å²) in [6.07, 6.45) is 1.67. The quantitative estimate of drug-likeness (QED) is 0.560. The van der Waals surface area contributed by atoms with Crippen molar-refractivity contribution in [3.8, 4) is 11.4 Å². The van der Waals surface area contributed by atoms with Crippen molar-refractivity contribution in [1.82, 2.24) is 18.5 Å². The van der Waals surface area contributed by atoms with E-state index in [1.165, 1.54) is 7.05 Å². The van der Waals surface area contributed by atoms with Gasteiger partial charge in [-0.2, -0.15) is 4.37 Å². The number of aromatic nitrogens is 4. The minimum Gasteiger partial charge on any atom is -0.286 e. The summed E-state index contributed by atoms with van der Waals surface area (Å²) < 4.78 is 7.63. The highest BCUT2D eigenvalue weighted by molar-refractivity contribution is 7.13. The summed E-state index contributed by atoms with van der Waals surface area (Å²) in [6.45, 7) is 2.38. The van der Waals surface area contributed by atoms with Crippen LogP contribution >= 0.6 is 11.5 Å². The highest BCUT2D eigenvalue weighted by atomic mass is 32.1. The molecule has 0 N–H and O–H groups in total. The van der Waals surface area contributed by atoms with Crippen molar-refractivity contribution < 1.29 is 0 Å². The Balaban J connectivity index is 2.01. The van der Waals surface area contributed by atoms with Gasteiger partial charge in [-0.05, 0) is 36.2 Å². The maximum atomic E-state index is 12.8. The Morgan fingerprint density at radius 1 is 1.08 bits per heavy atom. The van der Waals surface area contributed by atoms with Crippen molar-refractivity contribution in [2.45, 2.75) is 13.5 Å². The number of fused-ring (bicyclic) bond motifs is 1. The molecule has 0 spiro atoms. The van der Waals surface area contributed by atoms with Crippen LogP contribution in [0.5, 0.6) is 0 Å². The largest absolute Gasteiger partial charge is 0.331 e. The monoisotopic (exact) mass is 364 g/mol. The first-order valence-corrected chi connectivity index (χ1v) is 8.90. The average molecular weight is 364 g/mol. The fraction of sp³-hybridized carbons (Fsp3) is 0.158. The molecule has 0 fully saturated rings. The van der Waals surface area contributed by atoms with E-state index >= 15 is 0 Å². The molecule has 0 aliphatic carbocycles. The summed E-state index contributed by atoms with van der Waals surface area (Å²) in [6, 6.07) is 13.5. The van der Waals surface area contributed by atoms with Crippen LogP contribution in [-0.2, 0) is 13.6 Å². The van der Waals surface area contributed by atoms with Crippen LogP contribution in [0.15, 0.2) is 58.3 Å². The molecule has 1 aromatic carbocycles. The summed E-state index contributed by atoms with van der Waals surface area (Å²) in [4.78, 5) is 29.7. The molecular weight excluding hydrogens is 348 g/mol. The van der Waals surface area contributed by atoms with Crippen molar-refractivity contribution in [3.63, 3.8) is 0 Å². The Morgan fingerprint density at radius 2 is 1.85 bits per heavy atom. The lowest BCUT2D eigenvalue weighted by atomic mass is 10.1. The third kappa shape index (κ3) is 2.66. The first kappa shape index (κ1) is 16.4. The second kappa shape index (κ2) is 6.34. The van der Waals surface area contributed by atoms with E-state index in [1.807, 2.05) is 49.4 Å². The Hall–Kier alpha value is -3.06. The Bertz CT molecular complexity index is 1200. The van der Waals surface area contributed by atoms with E-state index in [0.29, 0.717) is 28.1 Å². The van der Waals surface area contributed by atoms with Crippen LogP contribution < -0.4 is 11.2 Å². The fourth-order valence-corrected chi connectivity index (χ4v) is 3.76. The molecule has 0 unspecified atom stereocenters. The van der Waals surface area contributed by atoms with Crippen LogP contribution in [0.25, 0.3) is 21.6 Å². The van der Waals surface area contributed by atoms with E-state index in [2.05, 4.69) is 9.36 Å². The Labute approximate surface area is 153 Å². The zero-order valence-electron chi connectivity index (χ0n) is 14.3. The van der Waals surface area contributed by atoms with Gasteiger partial charge < -0.3 is 0 Å². The number of benzene rings is 1. The number of pyridine rings is 1. The predicted molar refractivity (Wildman–Crippen MR) is 103 cm³/mol. The van der Waals surface area contributed by atoms with Crippen LogP contribution in [0.2, 0.25) is 0 Å². The second-order valence-corrected chi connectivity index (χ2v) is 6.92. The van der Waals surface area contributed by atoms with Crippen LogP contribution in [-0.4, -0.2) is 18.5 Å². The van der Waals surface area contributed by atoms with Crippen LogP contribution in [0.4, 0.5) is 0 Å². The van der Waals surface area contributed by atoms with Gasteiger partial charge in [-0.1, -0.05) is 35.9 Å². The molecule has 3 aromatic heterocycles. The maximum Gasteiger partial charge on any atom is 0.331 e. The number of aryl methyl sites for hydroxylation is 1. The molecule has 0 amide bonds. The molecule has 0 bridgehead atoms. The molecule has 130 valence electrons. The SMILES string of the molecule is Cc1ccc(Cn2c(=O)n(C)c(=O)c3snc(-c4ccccn4)c32)cc1. The molecule has 0 saturated heterocycles. The smallest absolute Gasteiger partial charge is 0.286 e. The summed E-state index contributed by atoms with van der Waals surface area (Å²) in [5.41, 5.74) is 3.19. The number of hydrogen-bond donors (Lipinski definition) is 0. The minimum absolute atomic E-state index is 0.329. The fourth-order valence-electron chi connectivity index (χ4n) is 2.89. The summed E-state index contributed by atoms with van der Waals surface area (Å²) >= 11 is 1.10. The normalized spacial score (nSPS) is 11.2. The number of nitrogens with zero attached hydrogens (tertiary/aromatic N) is 4. The number of hydrogen-bond acceptors (Lipinski definition) is 5. The van der Waals surface area contributed by atoms with Crippen LogP contribution in [0.1, 0.15) is 11.1 Å². The highest BCUT2D eigenvalue weighted by Gasteiger charge is 2.19. The molecule has 0 saturated carbocycles. The van der Waals surface area contributed by atoms with E-state index in [9.17, 15) is 9.59 Å². The molecule has 4 aromatic rings. The first-order valence-electron chi connectivity index (χ1n) is 8.12. The van der Waals surface area contributed by atoms with Gasteiger partial charge >= 0.3 is 5.69 Å². The van der Waals surface area contributed by atoms with Gasteiger partial charge in [-0.15, -0.1) is 0 Å². The van der Waals surface area contributed by atoms with Crippen molar-refractivity contribution >= 4 is 21.7 Å². The predicted octanol–water partition coefficient (Wildman–Crippen LogP) is 2.58. The van der Waals surface area contributed by atoms with Gasteiger partial charge in [-0.3, -0.25) is 18.9 Å². The molecule has 6 nitrogen and oxygen atoms in total. The van der Waals surface area contributed by atoms with E-state index in [-0.39, 0.29) is 11.2 Å². The van der Waals surface area contributed by atoms with E-state index in [1.54, 1.807) is 10.8 Å². The zero-order valence-corrected chi connectivity index (χ0v) is 15.2. The van der Waals surface area contributed by atoms with Gasteiger partial charge in [0.05, 0.1) is 17.8 Å². The summed E-state index contributed by atoms with van der Waals surface area (Å²) in [5.74, 6) is 0. The molecule has 0 aliphatic rings. The Kier molecular flexibility index (Phi) is 4.00. The highest BCUT2D eigenvalue weighted by Crippen LogP contribution is 2.27. The molecule has 0 aliphatic heterocycles. The molecule has 0 radical (unpaired) electrons. The van der Waals surface area contributed by atoms with Gasteiger partial charge in [0, 0.05) is 13.2 Å². The van der Waals surface area contributed by atoms with Crippen molar-refractivity contribution in [3.05, 3.63) is 80.6 Å². The minimum atomic E-state index is -0.361. The summed E-state index contributed by atoms with van der Waals surface area (Å²) in [5, 5.41) is 0.